The molecule has 158 valence electrons. The normalized spacial score (nSPS) is 12.0. The number of carbonyl (C=O) groups is 1. The van der Waals surface area contributed by atoms with E-state index in [0.29, 0.717) is 5.76 Å². The lowest BCUT2D eigenvalue weighted by molar-refractivity contribution is -0.152. The second-order valence-corrected chi connectivity index (χ2v) is 6.57. The minimum Gasteiger partial charge on any atom is -0.492 e. The van der Waals surface area contributed by atoms with E-state index in [1.165, 1.54) is 32.6 Å². The van der Waals surface area contributed by atoms with Crippen LogP contribution < -0.4 is 0 Å². The summed E-state index contributed by atoms with van der Waals surface area (Å²) in [6, 6.07) is 5.94. The molecular weight excluding hydrogens is 360 g/mol. The predicted octanol–water partition coefficient (Wildman–Crippen LogP) is 3.23. The van der Waals surface area contributed by atoms with Crippen LogP contribution in [0.3, 0.4) is 0 Å². The number of rotatable bonds is 13. The molecule has 0 radical (unpaired) electrons. The average Bonchev–Trinajstić information content (AvgIpc) is 2.72. The van der Waals surface area contributed by atoms with Gasteiger partial charge in [0.05, 0.1) is 27.4 Å². The summed E-state index contributed by atoms with van der Waals surface area (Å²) in [5, 5.41) is 18.3. The SMILES string of the molecule is CCCCCCc1c(CC)cccc1C(OC)=C(OC)C(=O)OC(CO)CO. The summed E-state index contributed by atoms with van der Waals surface area (Å²) in [6.07, 6.45) is 5.31. The van der Waals surface area contributed by atoms with E-state index < -0.39 is 25.3 Å². The fourth-order valence-corrected chi connectivity index (χ4v) is 3.13. The monoisotopic (exact) mass is 394 g/mol. The van der Waals surface area contributed by atoms with Crippen LogP contribution in [0.15, 0.2) is 24.0 Å². The number of methoxy groups -OCH3 is 2. The number of aryl methyl sites for hydroxylation is 1. The fraction of sp³-hybridized carbons (Fsp3) is 0.591. The summed E-state index contributed by atoms with van der Waals surface area (Å²) in [5.74, 6) is -0.577. The van der Waals surface area contributed by atoms with Crippen molar-refractivity contribution in [2.75, 3.05) is 27.4 Å². The number of hydrogen-bond acceptors (Lipinski definition) is 6. The molecule has 0 atom stereocenters. The zero-order valence-corrected chi connectivity index (χ0v) is 17.5. The third kappa shape index (κ3) is 6.53. The number of unbranched alkanes of at least 4 members (excludes halogenated alkanes) is 3. The minimum absolute atomic E-state index is 0.0857. The Morgan fingerprint density at radius 2 is 1.75 bits per heavy atom. The van der Waals surface area contributed by atoms with E-state index >= 15 is 0 Å². The van der Waals surface area contributed by atoms with Crippen LogP contribution in [0, 0.1) is 0 Å². The van der Waals surface area contributed by atoms with Gasteiger partial charge in [-0.2, -0.15) is 0 Å². The van der Waals surface area contributed by atoms with Crippen LogP contribution in [0.2, 0.25) is 0 Å². The van der Waals surface area contributed by atoms with Crippen molar-refractivity contribution in [1.29, 1.82) is 0 Å². The van der Waals surface area contributed by atoms with Crippen molar-refractivity contribution >= 4 is 11.7 Å². The van der Waals surface area contributed by atoms with Gasteiger partial charge in [-0.25, -0.2) is 4.79 Å². The summed E-state index contributed by atoms with van der Waals surface area (Å²) < 4.78 is 16.0. The first-order valence-corrected chi connectivity index (χ1v) is 9.93. The molecule has 0 saturated carbocycles. The zero-order chi connectivity index (χ0) is 20.9. The molecule has 0 unspecified atom stereocenters. The van der Waals surface area contributed by atoms with E-state index in [-0.39, 0.29) is 5.76 Å². The minimum atomic E-state index is -1.01. The highest BCUT2D eigenvalue weighted by Gasteiger charge is 2.25. The van der Waals surface area contributed by atoms with Gasteiger partial charge in [0, 0.05) is 5.56 Å². The summed E-state index contributed by atoms with van der Waals surface area (Å²) in [5.41, 5.74) is 3.15. The molecule has 0 aliphatic heterocycles. The fourth-order valence-electron chi connectivity index (χ4n) is 3.13. The number of hydrogen-bond donors (Lipinski definition) is 2. The summed E-state index contributed by atoms with van der Waals surface area (Å²) >= 11 is 0. The predicted molar refractivity (Wildman–Crippen MR) is 109 cm³/mol. The molecule has 1 rings (SSSR count). The number of ether oxygens (including phenoxy) is 3. The third-order valence-corrected chi connectivity index (χ3v) is 4.66. The van der Waals surface area contributed by atoms with Gasteiger partial charge >= 0.3 is 5.97 Å². The van der Waals surface area contributed by atoms with E-state index in [2.05, 4.69) is 19.9 Å². The van der Waals surface area contributed by atoms with Crippen molar-refractivity contribution in [3.05, 3.63) is 40.6 Å². The maximum Gasteiger partial charge on any atom is 0.378 e. The number of aliphatic hydroxyl groups excluding tert-OH is 2. The van der Waals surface area contributed by atoms with Gasteiger partial charge in [-0.05, 0) is 30.4 Å². The first kappa shape index (κ1) is 24.0. The molecule has 0 spiro atoms. The molecule has 2 N–H and O–H groups in total. The Kier molecular flexibility index (Phi) is 11.3. The molecule has 0 fully saturated rings. The molecule has 0 heterocycles. The first-order chi connectivity index (χ1) is 13.6. The van der Waals surface area contributed by atoms with Crippen molar-refractivity contribution in [3.63, 3.8) is 0 Å². The summed E-state index contributed by atoms with van der Waals surface area (Å²) in [7, 11) is 2.85. The Labute approximate surface area is 168 Å². The Hall–Kier alpha value is -2.05. The number of benzene rings is 1. The van der Waals surface area contributed by atoms with Crippen molar-refractivity contribution in [1.82, 2.24) is 0 Å². The maximum atomic E-state index is 12.5. The molecule has 0 aliphatic carbocycles. The summed E-state index contributed by atoms with van der Waals surface area (Å²) in [4.78, 5) is 12.5. The van der Waals surface area contributed by atoms with Gasteiger partial charge < -0.3 is 24.4 Å². The van der Waals surface area contributed by atoms with Gasteiger partial charge in [-0.15, -0.1) is 0 Å². The topological polar surface area (TPSA) is 85.2 Å². The van der Waals surface area contributed by atoms with Gasteiger partial charge in [0.1, 0.15) is 6.10 Å². The van der Waals surface area contributed by atoms with Gasteiger partial charge in [-0.1, -0.05) is 51.3 Å². The molecule has 1 aromatic rings. The molecule has 0 saturated heterocycles. The van der Waals surface area contributed by atoms with Gasteiger partial charge in [0.25, 0.3) is 0 Å². The van der Waals surface area contributed by atoms with E-state index in [9.17, 15) is 15.0 Å². The van der Waals surface area contributed by atoms with Gasteiger partial charge in [-0.3, -0.25) is 0 Å². The van der Waals surface area contributed by atoms with Gasteiger partial charge in [0.2, 0.25) is 5.76 Å². The molecule has 0 aliphatic rings. The molecule has 6 nitrogen and oxygen atoms in total. The van der Waals surface area contributed by atoms with Crippen LogP contribution in [0.5, 0.6) is 0 Å². The molecule has 6 heteroatoms. The van der Waals surface area contributed by atoms with Crippen LogP contribution in [0.25, 0.3) is 5.76 Å². The third-order valence-electron chi connectivity index (χ3n) is 4.66. The highest BCUT2D eigenvalue weighted by molar-refractivity contribution is 5.94. The number of esters is 1. The molecule has 0 amide bonds. The zero-order valence-electron chi connectivity index (χ0n) is 17.5. The Balaban J connectivity index is 3.33. The first-order valence-electron chi connectivity index (χ1n) is 9.93. The Bertz CT molecular complexity index is 634. The average molecular weight is 395 g/mol. The van der Waals surface area contributed by atoms with E-state index in [4.69, 9.17) is 14.2 Å². The van der Waals surface area contributed by atoms with Crippen LogP contribution in [0.4, 0.5) is 0 Å². The lowest BCUT2D eigenvalue weighted by Crippen LogP contribution is -2.27. The molecule has 1 aromatic carbocycles. The number of carbonyl (C=O) groups excluding carboxylic acids is 1. The Morgan fingerprint density at radius 3 is 2.29 bits per heavy atom. The second-order valence-electron chi connectivity index (χ2n) is 6.57. The highest BCUT2D eigenvalue weighted by atomic mass is 16.6. The van der Waals surface area contributed by atoms with Crippen LogP contribution >= 0.6 is 0 Å². The lowest BCUT2D eigenvalue weighted by atomic mass is 9.93. The largest absolute Gasteiger partial charge is 0.492 e. The second kappa shape index (κ2) is 13.2. The lowest BCUT2D eigenvalue weighted by Gasteiger charge is -2.19. The standard InChI is InChI=1S/C22H34O6/c1-5-7-8-9-12-18-16(6-2)11-10-13-19(18)20(26-3)21(27-4)22(25)28-17(14-23)15-24/h10-11,13,17,23-24H,5-9,12,14-15H2,1-4H3. The van der Waals surface area contributed by atoms with Crippen molar-refractivity contribution in [3.8, 4) is 0 Å². The van der Waals surface area contributed by atoms with E-state index in [1.807, 2.05) is 12.1 Å². The number of aliphatic hydroxyl groups is 2. The van der Waals surface area contributed by atoms with Gasteiger partial charge in [0.15, 0.2) is 5.76 Å². The van der Waals surface area contributed by atoms with Crippen molar-refractivity contribution < 1.29 is 29.2 Å². The maximum absolute atomic E-state index is 12.5. The van der Waals surface area contributed by atoms with E-state index in [0.717, 1.165) is 36.8 Å². The van der Waals surface area contributed by atoms with Crippen molar-refractivity contribution in [2.45, 2.75) is 58.5 Å². The summed E-state index contributed by atoms with van der Waals surface area (Å²) in [6.45, 7) is 3.33. The van der Waals surface area contributed by atoms with Crippen molar-refractivity contribution in [2.24, 2.45) is 0 Å². The Morgan fingerprint density at radius 1 is 1.04 bits per heavy atom. The molecule has 0 bridgehead atoms. The molecule has 28 heavy (non-hydrogen) atoms. The van der Waals surface area contributed by atoms with Crippen LogP contribution in [0.1, 0.15) is 56.2 Å². The van der Waals surface area contributed by atoms with E-state index in [1.54, 1.807) is 0 Å². The quantitative estimate of drug-likeness (QED) is 0.231. The smallest absolute Gasteiger partial charge is 0.378 e. The molecular formula is C22H34O6. The van der Waals surface area contributed by atoms with Crippen LogP contribution in [-0.4, -0.2) is 49.7 Å². The molecule has 0 aromatic heterocycles. The van der Waals surface area contributed by atoms with Crippen LogP contribution in [-0.2, 0) is 31.8 Å². The highest BCUT2D eigenvalue weighted by Crippen LogP contribution is 2.29.